The number of aryl methyl sites for hydroxylation is 2. The molecule has 0 unspecified atom stereocenters. The molecule has 5 nitrogen and oxygen atoms in total. The van der Waals surface area contributed by atoms with Crippen LogP contribution in [0.1, 0.15) is 34.1 Å². The Morgan fingerprint density at radius 1 is 1.15 bits per heavy atom. The van der Waals surface area contributed by atoms with Crippen molar-refractivity contribution in [1.29, 1.82) is 0 Å². The molecule has 0 radical (unpaired) electrons. The number of hydrogen-bond donors (Lipinski definition) is 1. The van der Waals surface area contributed by atoms with Gasteiger partial charge in [0.2, 0.25) is 0 Å². The van der Waals surface area contributed by atoms with Gasteiger partial charge < -0.3 is 14.6 Å². The lowest BCUT2D eigenvalue weighted by atomic mass is 10.0. The van der Waals surface area contributed by atoms with E-state index >= 15 is 0 Å². The first-order valence-electron chi connectivity index (χ1n) is 8.61. The smallest absolute Gasteiger partial charge is 0.273 e. The molecule has 5 heteroatoms. The minimum absolute atomic E-state index is 0.251. The Bertz CT molecular complexity index is 901. The topological polar surface area (TPSA) is 64.4 Å². The van der Waals surface area contributed by atoms with Crippen LogP contribution in [0, 0.1) is 13.8 Å². The summed E-state index contributed by atoms with van der Waals surface area (Å²) >= 11 is 0. The summed E-state index contributed by atoms with van der Waals surface area (Å²) in [4.78, 5) is 12.0. The molecular formula is C21H22N2O3. The molecule has 0 aliphatic rings. The van der Waals surface area contributed by atoms with Crippen molar-refractivity contribution in [3.05, 3.63) is 70.9 Å². The van der Waals surface area contributed by atoms with Gasteiger partial charge in [0.1, 0.15) is 12.4 Å². The van der Waals surface area contributed by atoms with Crippen LogP contribution in [0.5, 0.6) is 5.75 Å². The fraction of sp³-hybridized carbons (Fsp3) is 0.238. The zero-order chi connectivity index (χ0) is 18.5. The number of benzene rings is 2. The Balaban J connectivity index is 1.92. The molecule has 2 aromatic carbocycles. The Labute approximate surface area is 153 Å². The molecule has 1 aromatic heterocycles. The summed E-state index contributed by atoms with van der Waals surface area (Å²) in [6.45, 7) is 6.86. The van der Waals surface area contributed by atoms with Crippen LogP contribution in [0.4, 0.5) is 0 Å². The van der Waals surface area contributed by atoms with Crippen molar-refractivity contribution in [3.63, 3.8) is 0 Å². The standard InChI is InChI=1S/C21H22N2O3/c1-4-22-21(24)17-12-19(26-23-17)20-15(3)10-14(2)11-18(20)25-13-16-8-6-5-7-9-16/h5-12H,4,13H2,1-3H3,(H,22,24). The fourth-order valence-electron chi connectivity index (χ4n) is 2.84. The molecule has 0 saturated heterocycles. The third kappa shape index (κ3) is 3.94. The van der Waals surface area contributed by atoms with E-state index < -0.39 is 0 Å². The van der Waals surface area contributed by atoms with E-state index in [1.54, 1.807) is 6.07 Å². The van der Waals surface area contributed by atoms with Crippen molar-refractivity contribution < 1.29 is 14.1 Å². The lowest BCUT2D eigenvalue weighted by Crippen LogP contribution is -2.22. The summed E-state index contributed by atoms with van der Waals surface area (Å²) in [5, 5.41) is 6.61. The first-order chi connectivity index (χ1) is 12.6. The van der Waals surface area contributed by atoms with E-state index in [1.807, 2.05) is 57.2 Å². The van der Waals surface area contributed by atoms with Crippen LogP contribution >= 0.6 is 0 Å². The molecule has 3 aromatic rings. The molecular weight excluding hydrogens is 328 g/mol. The molecule has 1 N–H and O–H groups in total. The van der Waals surface area contributed by atoms with Crippen LogP contribution in [0.3, 0.4) is 0 Å². The molecule has 0 aliphatic carbocycles. The Morgan fingerprint density at radius 3 is 2.65 bits per heavy atom. The molecule has 1 amide bonds. The molecule has 0 aliphatic heterocycles. The van der Waals surface area contributed by atoms with Crippen molar-refractivity contribution in [1.82, 2.24) is 10.5 Å². The normalized spacial score (nSPS) is 10.6. The molecule has 26 heavy (non-hydrogen) atoms. The van der Waals surface area contributed by atoms with Gasteiger partial charge in [-0.2, -0.15) is 0 Å². The van der Waals surface area contributed by atoms with Gasteiger partial charge >= 0.3 is 0 Å². The van der Waals surface area contributed by atoms with E-state index in [-0.39, 0.29) is 11.6 Å². The van der Waals surface area contributed by atoms with Crippen LogP contribution < -0.4 is 10.1 Å². The summed E-state index contributed by atoms with van der Waals surface area (Å²) < 4.78 is 11.5. The number of rotatable bonds is 6. The zero-order valence-electron chi connectivity index (χ0n) is 15.2. The molecule has 0 spiro atoms. The van der Waals surface area contributed by atoms with Gasteiger partial charge in [0.15, 0.2) is 11.5 Å². The minimum atomic E-state index is -0.251. The number of aromatic nitrogens is 1. The van der Waals surface area contributed by atoms with Gasteiger partial charge in [0, 0.05) is 12.6 Å². The second-order valence-electron chi connectivity index (χ2n) is 6.17. The highest BCUT2D eigenvalue weighted by Gasteiger charge is 2.18. The highest BCUT2D eigenvalue weighted by Crippen LogP contribution is 2.35. The third-order valence-electron chi connectivity index (χ3n) is 4.01. The number of nitrogens with zero attached hydrogens (tertiary/aromatic N) is 1. The van der Waals surface area contributed by atoms with E-state index in [0.717, 1.165) is 22.3 Å². The average molecular weight is 350 g/mol. The number of carbonyl (C=O) groups excluding carboxylic acids is 1. The number of ether oxygens (including phenoxy) is 1. The van der Waals surface area contributed by atoms with E-state index in [0.29, 0.717) is 24.7 Å². The van der Waals surface area contributed by atoms with Gasteiger partial charge in [-0.1, -0.05) is 41.6 Å². The van der Waals surface area contributed by atoms with Gasteiger partial charge in [0.05, 0.1) is 5.56 Å². The van der Waals surface area contributed by atoms with E-state index in [9.17, 15) is 4.79 Å². The SMILES string of the molecule is CCNC(=O)c1cc(-c2c(C)cc(C)cc2OCc2ccccc2)on1. The van der Waals surface area contributed by atoms with Crippen LogP contribution in [-0.4, -0.2) is 17.6 Å². The Hall–Kier alpha value is -3.08. The summed E-state index contributed by atoms with van der Waals surface area (Å²) in [6, 6.07) is 15.7. The second-order valence-corrected chi connectivity index (χ2v) is 6.17. The predicted molar refractivity (Wildman–Crippen MR) is 100 cm³/mol. The monoisotopic (exact) mass is 350 g/mol. The van der Waals surface area contributed by atoms with Gasteiger partial charge in [-0.3, -0.25) is 4.79 Å². The summed E-state index contributed by atoms with van der Waals surface area (Å²) in [5.74, 6) is 0.982. The van der Waals surface area contributed by atoms with Crippen molar-refractivity contribution >= 4 is 5.91 Å². The Kier molecular flexibility index (Phi) is 5.37. The molecule has 0 bridgehead atoms. The average Bonchev–Trinajstić information content (AvgIpc) is 3.10. The Morgan fingerprint density at radius 2 is 1.92 bits per heavy atom. The van der Waals surface area contributed by atoms with E-state index in [1.165, 1.54) is 0 Å². The lowest BCUT2D eigenvalue weighted by Gasteiger charge is -2.13. The van der Waals surface area contributed by atoms with Crippen LogP contribution in [0.2, 0.25) is 0 Å². The molecule has 1 heterocycles. The van der Waals surface area contributed by atoms with Crippen molar-refractivity contribution in [2.45, 2.75) is 27.4 Å². The van der Waals surface area contributed by atoms with Crippen molar-refractivity contribution in [2.24, 2.45) is 0 Å². The second kappa shape index (κ2) is 7.87. The van der Waals surface area contributed by atoms with Crippen molar-refractivity contribution in [3.8, 4) is 17.1 Å². The number of amides is 1. The zero-order valence-corrected chi connectivity index (χ0v) is 15.2. The maximum Gasteiger partial charge on any atom is 0.273 e. The van der Waals surface area contributed by atoms with E-state index in [2.05, 4.69) is 16.5 Å². The largest absolute Gasteiger partial charge is 0.488 e. The summed E-state index contributed by atoms with van der Waals surface area (Å²) in [6.07, 6.45) is 0. The quantitative estimate of drug-likeness (QED) is 0.720. The van der Waals surface area contributed by atoms with Gasteiger partial charge in [-0.05, 0) is 43.5 Å². The van der Waals surface area contributed by atoms with Gasteiger partial charge in [0.25, 0.3) is 5.91 Å². The maximum atomic E-state index is 12.0. The number of nitrogens with one attached hydrogen (secondary N) is 1. The van der Waals surface area contributed by atoms with E-state index in [4.69, 9.17) is 9.26 Å². The molecule has 134 valence electrons. The van der Waals surface area contributed by atoms with Gasteiger partial charge in [-0.15, -0.1) is 0 Å². The highest BCUT2D eigenvalue weighted by atomic mass is 16.5. The lowest BCUT2D eigenvalue weighted by molar-refractivity contribution is 0.0947. The molecule has 0 atom stereocenters. The molecule has 0 saturated carbocycles. The van der Waals surface area contributed by atoms with Gasteiger partial charge in [-0.25, -0.2) is 0 Å². The maximum absolute atomic E-state index is 12.0. The summed E-state index contributed by atoms with van der Waals surface area (Å²) in [5.41, 5.74) is 4.26. The van der Waals surface area contributed by atoms with Crippen molar-refractivity contribution in [2.75, 3.05) is 6.54 Å². The molecule has 0 fully saturated rings. The van der Waals surface area contributed by atoms with Crippen LogP contribution in [-0.2, 0) is 6.61 Å². The minimum Gasteiger partial charge on any atom is -0.488 e. The fourth-order valence-corrected chi connectivity index (χ4v) is 2.84. The third-order valence-corrected chi connectivity index (χ3v) is 4.01. The molecule has 3 rings (SSSR count). The van der Waals surface area contributed by atoms with Crippen LogP contribution in [0.15, 0.2) is 53.1 Å². The summed E-state index contributed by atoms with van der Waals surface area (Å²) in [7, 11) is 0. The predicted octanol–water partition coefficient (Wildman–Crippen LogP) is 4.29. The number of carbonyl (C=O) groups is 1. The first kappa shape index (κ1) is 17.7. The first-order valence-corrected chi connectivity index (χ1v) is 8.61. The van der Waals surface area contributed by atoms with Crippen LogP contribution in [0.25, 0.3) is 11.3 Å². The highest BCUT2D eigenvalue weighted by molar-refractivity contribution is 5.93. The number of hydrogen-bond acceptors (Lipinski definition) is 4.